The number of nitrogens with one attached hydrogen (secondary N) is 2. The van der Waals surface area contributed by atoms with Crippen LogP contribution in [0.4, 0.5) is 5.69 Å². The molecule has 0 atom stereocenters. The van der Waals surface area contributed by atoms with E-state index in [4.69, 9.17) is 0 Å². The highest BCUT2D eigenvalue weighted by molar-refractivity contribution is 7.92. The van der Waals surface area contributed by atoms with Crippen molar-refractivity contribution in [1.82, 2.24) is 5.32 Å². The second-order valence-corrected chi connectivity index (χ2v) is 6.89. The van der Waals surface area contributed by atoms with E-state index in [0.29, 0.717) is 18.2 Å². The Morgan fingerprint density at radius 3 is 2.47 bits per heavy atom. The molecule has 0 heterocycles. The predicted molar refractivity (Wildman–Crippen MR) is 81.0 cm³/mol. The van der Waals surface area contributed by atoms with Gasteiger partial charge >= 0.3 is 0 Å². The third kappa shape index (κ3) is 6.59. The van der Waals surface area contributed by atoms with Gasteiger partial charge in [0.1, 0.15) is 0 Å². The molecule has 0 saturated carbocycles. The highest BCUT2D eigenvalue weighted by Gasteiger charge is 2.10. The van der Waals surface area contributed by atoms with Gasteiger partial charge in [0, 0.05) is 6.04 Å². The summed E-state index contributed by atoms with van der Waals surface area (Å²) in [6, 6.07) is 7.85. The molecule has 0 radical (unpaired) electrons. The molecule has 5 heteroatoms. The molecule has 0 spiro atoms. The van der Waals surface area contributed by atoms with Crippen LogP contribution in [0.3, 0.4) is 0 Å². The fourth-order valence-electron chi connectivity index (χ4n) is 1.71. The zero-order valence-corrected chi connectivity index (χ0v) is 12.8. The second kappa shape index (κ2) is 7.50. The normalized spacial score (nSPS) is 11.8. The summed E-state index contributed by atoms with van der Waals surface area (Å²) in [6.07, 6.45) is 1.54. The lowest BCUT2D eigenvalue weighted by molar-refractivity contribution is 0.561. The van der Waals surface area contributed by atoms with Crippen molar-refractivity contribution in [3.63, 3.8) is 0 Å². The van der Waals surface area contributed by atoms with Crippen LogP contribution < -0.4 is 10.0 Å². The highest BCUT2D eigenvalue weighted by atomic mass is 32.2. The zero-order valence-electron chi connectivity index (χ0n) is 11.9. The first-order valence-corrected chi connectivity index (χ1v) is 8.35. The summed E-state index contributed by atoms with van der Waals surface area (Å²) >= 11 is 0. The monoisotopic (exact) mass is 284 g/mol. The summed E-state index contributed by atoms with van der Waals surface area (Å²) < 4.78 is 26.5. The third-order valence-electron chi connectivity index (χ3n) is 2.80. The maximum Gasteiger partial charge on any atom is 0.232 e. The minimum atomic E-state index is -3.24. The molecule has 1 rings (SSSR count). The summed E-state index contributed by atoms with van der Waals surface area (Å²) in [5, 5.41) is 3.28. The quantitative estimate of drug-likeness (QED) is 0.721. The van der Waals surface area contributed by atoms with Crippen LogP contribution >= 0.6 is 0 Å². The van der Waals surface area contributed by atoms with Crippen molar-refractivity contribution in [3.05, 3.63) is 29.8 Å². The average molecular weight is 284 g/mol. The van der Waals surface area contributed by atoms with Gasteiger partial charge in [0.25, 0.3) is 0 Å². The molecule has 0 aromatic heterocycles. The highest BCUT2D eigenvalue weighted by Crippen LogP contribution is 2.15. The van der Waals surface area contributed by atoms with E-state index >= 15 is 0 Å². The maximum absolute atomic E-state index is 11.9. The smallest absolute Gasteiger partial charge is 0.232 e. The number of hydrogen-bond donors (Lipinski definition) is 2. The molecule has 108 valence electrons. The van der Waals surface area contributed by atoms with Crippen LogP contribution in [-0.2, 0) is 10.0 Å². The van der Waals surface area contributed by atoms with Gasteiger partial charge < -0.3 is 5.32 Å². The molecular weight excluding hydrogens is 260 g/mol. The van der Waals surface area contributed by atoms with Crippen molar-refractivity contribution < 1.29 is 8.42 Å². The molecule has 1 aromatic carbocycles. The van der Waals surface area contributed by atoms with Crippen LogP contribution in [0.15, 0.2) is 24.3 Å². The van der Waals surface area contributed by atoms with Gasteiger partial charge in [-0.25, -0.2) is 8.42 Å². The number of anilines is 1. The molecule has 4 nitrogen and oxygen atoms in total. The molecule has 2 N–H and O–H groups in total. The van der Waals surface area contributed by atoms with Crippen molar-refractivity contribution in [1.29, 1.82) is 0 Å². The summed E-state index contributed by atoms with van der Waals surface area (Å²) in [5.74, 6) is 0.168. The average Bonchev–Trinajstić information content (AvgIpc) is 2.31. The predicted octanol–water partition coefficient (Wildman–Crippen LogP) is 2.51. The second-order valence-electron chi connectivity index (χ2n) is 5.05. The summed E-state index contributed by atoms with van der Waals surface area (Å²) in [6.45, 7) is 6.91. The van der Waals surface area contributed by atoms with Crippen LogP contribution in [0.5, 0.6) is 0 Å². The molecule has 0 aliphatic rings. The van der Waals surface area contributed by atoms with Gasteiger partial charge in [-0.1, -0.05) is 32.0 Å². The molecule has 1 aromatic rings. The van der Waals surface area contributed by atoms with Crippen molar-refractivity contribution in [2.75, 3.05) is 17.0 Å². The Morgan fingerprint density at radius 2 is 1.84 bits per heavy atom. The van der Waals surface area contributed by atoms with Gasteiger partial charge in [-0.2, -0.15) is 0 Å². The van der Waals surface area contributed by atoms with E-state index in [1.807, 2.05) is 25.1 Å². The van der Waals surface area contributed by atoms with Crippen LogP contribution in [0.25, 0.3) is 0 Å². The molecule has 0 amide bonds. The summed E-state index contributed by atoms with van der Waals surface area (Å²) in [7, 11) is -3.24. The first-order chi connectivity index (χ1) is 8.91. The van der Waals surface area contributed by atoms with Gasteiger partial charge in [-0.3, -0.25) is 4.72 Å². The van der Waals surface area contributed by atoms with E-state index in [9.17, 15) is 8.42 Å². The Kier molecular flexibility index (Phi) is 6.31. The van der Waals surface area contributed by atoms with E-state index in [1.165, 1.54) is 0 Å². The van der Waals surface area contributed by atoms with Crippen LogP contribution in [0.1, 0.15) is 32.3 Å². The molecule has 0 bridgehead atoms. The molecule has 19 heavy (non-hydrogen) atoms. The van der Waals surface area contributed by atoms with E-state index < -0.39 is 10.0 Å². The number of aryl methyl sites for hydroxylation is 1. The van der Waals surface area contributed by atoms with Crippen molar-refractivity contribution in [2.45, 2.75) is 39.7 Å². The standard InChI is InChI=1S/C14H24N2O2S/c1-12(2)15-10-6-7-11-19(17,18)16-14-9-5-4-8-13(14)3/h4-5,8-9,12,15-16H,6-7,10-11H2,1-3H3. The van der Waals surface area contributed by atoms with Crippen molar-refractivity contribution in [2.24, 2.45) is 0 Å². The zero-order chi connectivity index (χ0) is 14.3. The lowest BCUT2D eigenvalue weighted by Crippen LogP contribution is -2.24. The number of sulfonamides is 1. The molecule has 0 unspecified atom stereocenters. The summed E-state index contributed by atoms with van der Waals surface area (Å²) in [4.78, 5) is 0. The van der Waals surface area contributed by atoms with Crippen LogP contribution in [0, 0.1) is 6.92 Å². The van der Waals surface area contributed by atoms with Gasteiger partial charge in [0.05, 0.1) is 11.4 Å². The molecular formula is C14H24N2O2S. The van der Waals surface area contributed by atoms with E-state index in [1.54, 1.807) is 6.07 Å². The van der Waals surface area contributed by atoms with Gasteiger partial charge in [0.2, 0.25) is 10.0 Å². The minimum absolute atomic E-state index is 0.168. The van der Waals surface area contributed by atoms with Crippen molar-refractivity contribution in [3.8, 4) is 0 Å². The van der Waals surface area contributed by atoms with Gasteiger partial charge in [0.15, 0.2) is 0 Å². The number of benzene rings is 1. The summed E-state index contributed by atoms with van der Waals surface area (Å²) in [5.41, 5.74) is 1.61. The Bertz CT molecular complexity index is 484. The SMILES string of the molecule is Cc1ccccc1NS(=O)(=O)CCCCNC(C)C. The largest absolute Gasteiger partial charge is 0.315 e. The fraction of sp³-hybridized carbons (Fsp3) is 0.571. The van der Waals surface area contributed by atoms with Gasteiger partial charge in [-0.05, 0) is 37.9 Å². The topological polar surface area (TPSA) is 58.2 Å². The van der Waals surface area contributed by atoms with E-state index in [0.717, 1.165) is 18.5 Å². The number of hydrogen-bond acceptors (Lipinski definition) is 3. The molecule has 0 saturated heterocycles. The number of unbranched alkanes of at least 4 members (excludes halogenated alkanes) is 1. The molecule has 0 aliphatic heterocycles. The maximum atomic E-state index is 11.9. The first kappa shape index (κ1) is 16.0. The first-order valence-electron chi connectivity index (χ1n) is 6.70. The van der Waals surface area contributed by atoms with Crippen molar-refractivity contribution >= 4 is 15.7 Å². The van der Waals surface area contributed by atoms with E-state index in [2.05, 4.69) is 23.9 Å². The fourth-order valence-corrected chi connectivity index (χ4v) is 2.96. The number of rotatable bonds is 8. The van der Waals surface area contributed by atoms with E-state index in [-0.39, 0.29) is 5.75 Å². The Hall–Kier alpha value is -1.07. The van der Waals surface area contributed by atoms with Gasteiger partial charge in [-0.15, -0.1) is 0 Å². The molecule has 0 fully saturated rings. The minimum Gasteiger partial charge on any atom is -0.315 e. The third-order valence-corrected chi connectivity index (χ3v) is 4.16. The van der Waals surface area contributed by atoms with Crippen LogP contribution in [0.2, 0.25) is 0 Å². The Labute approximate surface area is 116 Å². The molecule has 0 aliphatic carbocycles. The Morgan fingerprint density at radius 1 is 1.16 bits per heavy atom. The van der Waals surface area contributed by atoms with Crippen LogP contribution in [-0.4, -0.2) is 26.8 Å². The lowest BCUT2D eigenvalue weighted by atomic mass is 10.2. The Balaban J connectivity index is 2.38. The number of para-hydroxylation sites is 1. The lowest BCUT2D eigenvalue weighted by Gasteiger charge is -2.11.